The summed E-state index contributed by atoms with van der Waals surface area (Å²) in [6.07, 6.45) is 1.48. The summed E-state index contributed by atoms with van der Waals surface area (Å²) in [4.78, 5) is 14.3. The first-order valence-electron chi connectivity index (χ1n) is 4.99. The summed E-state index contributed by atoms with van der Waals surface area (Å²) in [5.41, 5.74) is 1.87. The van der Waals surface area contributed by atoms with Crippen LogP contribution in [0, 0.1) is 13.8 Å². The predicted molar refractivity (Wildman–Crippen MR) is 68.1 cm³/mol. The highest BCUT2D eigenvalue weighted by atomic mass is 32.1. The Kier molecular flexibility index (Phi) is 2.49. The van der Waals surface area contributed by atoms with Crippen molar-refractivity contribution in [3.8, 4) is 22.2 Å². The maximum Gasteiger partial charge on any atom is 0.184 e. The number of thiazole rings is 2. The van der Waals surface area contributed by atoms with Crippen LogP contribution >= 0.6 is 22.7 Å². The van der Waals surface area contributed by atoms with Crippen LogP contribution in [-0.4, -0.2) is 25.1 Å². The molecule has 0 spiro atoms. The number of nitrogens with one attached hydrogen (secondary N) is 1. The van der Waals surface area contributed by atoms with E-state index in [1.54, 1.807) is 11.3 Å². The smallest absolute Gasteiger partial charge is 0.184 e. The van der Waals surface area contributed by atoms with Gasteiger partial charge >= 0.3 is 0 Å². The molecule has 0 radical (unpaired) electrons. The third-order valence-electron chi connectivity index (χ3n) is 2.27. The van der Waals surface area contributed by atoms with Gasteiger partial charge in [-0.15, -0.1) is 22.7 Å². The fourth-order valence-electron chi connectivity index (χ4n) is 1.57. The molecule has 0 saturated heterocycles. The summed E-state index contributed by atoms with van der Waals surface area (Å²) >= 11 is 3.23. The lowest BCUT2D eigenvalue weighted by Crippen LogP contribution is -1.83. The van der Waals surface area contributed by atoms with Crippen LogP contribution in [0.15, 0.2) is 11.7 Å². The first-order chi connectivity index (χ1) is 8.24. The molecule has 0 aliphatic heterocycles. The number of nitrogens with zero attached hydrogens (tertiary/aromatic N) is 4. The molecule has 0 saturated carbocycles. The van der Waals surface area contributed by atoms with E-state index in [1.165, 1.54) is 22.5 Å². The zero-order chi connectivity index (χ0) is 11.8. The van der Waals surface area contributed by atoms with Crippen molar-refractivity contribution in [2.24, 2.45) is 0 Å². The third kappa shape index (κ3) is 1.87. The molecule has 17 heavy (non-hydrogen) atoms. The molecule has 0 bridgehead atoms. The van der Waals surface area contributed by atoms with E-state index >= 15 is 0 Å². The largest absolute Gasteiger partial charge is 0.257 e. The van der Waals surface area contributed by atoms with Crippen molar-refractivity contribution in [1.29, 1.82) is 0 Å². The van der Waals surface area contributed by atoms with Crippen LogP contribution in [-0.2, 0) is 0 Å². The number of aromatic nitrogens is 5. The van der Waals surface area contributed by atoms with Gasteiger partial charge in [-0.1, -0.05) is 0 Å². The Balaban J connectivity index is 2.03. The van der Waals surface area contributed by atoms with Crippen molar-refractivity contribution in [1.82, 2.24) is 25.1 Å². The maximum atomic E-state index is 4.53. The van der Waals surface area contributed by atoms with E-state index < -0.39 is 0 Å². The van der Waals surface area contributed by atoms with Crippen LogP contribution in [0.4, 0.5) is 0 Å². The van der Waals surface area contributed by atoms with Gasteiger partial charge in [-0.25, -0.2) is 15.0 Å². The van der Waals surface area contributed by atoms with Gasteiger partial charge in [0.2, 0.25) is 0 Å². The average molecular weight is 263 g/mol. The van der Waals surface area contributed by atoms with Crippen LogP contribution in [0.2, 0.25) is 0 Å². The molecular formula is C10H9N5S2. The molecular weight excluding hydrogens is 254 g/mol. The van der Waals surface area contributed by atoms with Gasteiger partial charge in [-0.3, -0.25) is 5.10 Å². The highest BCUT2D eigenvalue weighted by molar-refractivity contribution is 7.13. The van der Waals surface area contributed by atoms with E-state index in [0.29, 0.717) is 5.82 Å². The Bertz CT molecular complexity index is 638. The zero-order valence-corrected chi connectivity index (χ0v) is 10.9. The monoisotopic (exact) mass is 263 g/mol. The summed E-state index contributed by atoms with van der Waals surface area (Å²) < 4.78 is 0. The molecule has 3 aromatic heterocycles. The summed E-state index contributed by atoms with van der Waals surface area (Å²) in [6.45, 7) is 4.07. The molecule has 0 aromatic carbocycles. The molecule has 0 atom stereocenters. The lowest BCUT2D eigenvalue weighted by molar-refractivity contribution is 1.09. The van der Waals surface area contributed by atoms with E-state index in [2.05, 4.69) is 32.1 Å². The van der Waals surface area contributed by atoms with Gasteiger partial charge in [0, 0.05) is 10.3 Å². The second-order valence-corrected chi connectivity index (χ2v) is 5.78. The van der Waals surface area contributed by atoms with E-state index in [9.17, 15) is 0 Å². The molecule has 3 rings (SSSR count). The Morgan fingerprint density at radius 2 is 2.12 bits per heavy atom. The minimum Gasteiger partial charge on any atom is -0.257 e. The molecule has 1 N–H and O–H groups in total. The van der Waals surface area contributed by atoms with Crippen molar-refractivity contribution in [3.63, 3.8) is 0 Å². The second kappa shape index (κ2) is 4.01. The van der Waals surface area contributed by atoms with E-state index in [1.807, 2.05) is 12.3 Å². The summed E-state index contributed by atoms with van der Waals surface area (Å²) in [5.74, 6) is 0.700. The Hall–Kier alpha value is -1.60. The predicted octanol–water partition coefficient (Wildman–Crippen LogP) is 2.67. The average Bonchev–Trinajstić information content (AvgIpc) is 2.97. The van der Waals surface area contributed by atoms with Gasteiger partial charge in [0.15, 0.2) is 10.8 Å². The Morgan fingerprint density at radius 1 is 1.24 bits per heavy atom. The summed E-state index contributed by atoms with van der Waals surface area (Å²) in [5, 5.41) is 10.5. The van der Waals surface area contributed by atoms with Crippen LogP contribution in [0.25, 0.3) is 22.2 Å². The lowest BCUT2D eigenvalue weighted by atomic mass is 10.3. The van der Waals surface area contributed by atoms with Crippen LogP contribution in [0.5, 0.6) is 0 Å². The van der Waals surface area contributed by atoms with Crippen molar-refractivity contribution < 1.29 is 0 Å². The minimum absolute atomic E-state index is 0.700. The van der Waals surface area contributed by atoms with Gasteiger partial charge in [-0.05, 0) is 13.8 Å². The standard InChI is InChI=1S/C10H9N5S2/c1-5-8(13-6(2)17-5)7-3-16-10(14-7)9-11-4-12-15-9/h3-4H,1-2H3,(H,11,12,15). The van der Waals surface area contributed by atoms with Crippen molar-refractivity contribution in [3.05, 3.63) is 21.6 Å². The number of aromatic amines is 1. The zero-order valence-electron chi connectivity index (χ0n) is 9.26. The number of hydrogen-bond donors (Lipinski definition) is 1. The van der Waals surface area contributed by atoms with Gasteiger partial charge in [0.1, 0.15) is 17.7 Å². The number of H-pyrrole nitrogens is 1. The van der Waals surface area contributed by atoms with Crippen LogP contribution in [0.1, 0.15) is 9.88 Å². The van der Waals surface area contributed by atoms with Crippen molar-refractivity contribution >= 4 is 22.7 Å². The topological polar surface area (TPSA) is 67.3 Å². The maximum absolute atomic E-state index is 4.53. The van der Waals surface area contributed by atoms with E-state index in [-0.39, 0.29) is 0 Å². The Morgan fingerprint density at radius 3 is 2.76 bits per heavy atom. The summed E-state index contributed by atoms with van der Waals surface area (Å²) in [7, 11) is 0. The molecule has 3 heterocycles. The molecule has 0 fully saturated rings. The van der Waals surface area contributed by atoms with Crippen LogP contribution < -0.4 is 0 Å². The van der Waals surface area contributed by atoms with Gasteiger partial charge < -0.3 is 0 Å². The highest BCUT2D eigenvalue weighted by Gasteiger charge is 2.13. The molecule has 7 heteroatoms. The molecule has 0 aliphatic carbocycles. The van der Waals surface area contributed by atoms with E-state index in [4.69, 9.17) is 0 Å². The SMILES string of the molecule is Cc1nc(-c2csc(-c3ncn[nH]3)n2)c(C)s1. The lowest BCUT2D eigenvalue weighted by Gasteiger charge is -1.90. The fourth-order valence-corrected chi connectivity index (χ4v) is 3.14. The molecule has 5 nitrogen and oxygen atoms in total. The number of rotatable bonds is 2. The van der Waals surface area contributed by atoms with Crippen molar-refractivity contribution in [2.75, 3.05) is 0 Å². The molecule has 86 valence electrons. The number of aryl methyl sites for hydroxylation is 2. The summed E-state index contributed by atoms with van der Waals surface area (Å²) in [6, 6.07) is 0. The first-order valence-corrected chi connectivity index (χ1v) is 6.69. The second-order valence-electron chi connectivity index (χ2n) is 3.51. The quantitative estimate of drug-likeness (QED) is 0.772. The molecule has 0 aliphatic rings. The van der Waals surface area contributed by atoms with Gasteiger partial charge in [-0.2, -0.15) is 5.10 Å². The number of hydrogen-bond acceptors (Lipinski definition) is 6. The van der Waals surface area contributed by atoms with Gasteiger partial charge in [0.25, 0.3) is 0 Å². The molecule has 3 aromatic rings. The normalized spacial score (nSPS) is 10.9. The van der Waals surface area contributed by atoms with Gasteiger partial charge in [0.05, 0.1) is 5.01 Å². The van der Waals surface area contributed by atoms with Crippen LogP contribution in [0.3, 0.4) is 0 Å². The van der Waals surface area contributed by atoms with Crippen molar-refractivity contribution in [2.45, 2.75) is 13.8 Å². The van der Waals surface area contributed by atoms with E-state index in [0.717, 1.165) is 21.4 Å². The highest BCUT2D eigenvalue weighted by Crippen LogP contribution is 2.30. The first kappa shape index (κ1) is 10.5. The molecule has 0 unspecified atom stereocenters. The fraction of sp³-hybridized carbons (Fsp3) is 0.200. The minimum atomic E-state index is 0.700. The molecule has 0 amide bonds. The third-order valence-corrected chi connectivity index (χ3v) is 4.00. The Labute approximate surface area is 106 Å².